The third-order valence-electron chi connectivity index (χ3n) is 5.46. The van der Waals surface area contributed by atoms with E-state index < -0.39 is 12.0 Å². The molecule has 0 saturated carbocycles. The Bertz CT molecular complexity index is 1060. The van der Waals surface area contributed by atoms with Crippen LogP contribution in [0.4, 0.5) is 0 Å². The van der Waals surface area contributed by atoms with E-state index in [1.165, 1.54) is 29.4 Å². The van der Waals surface area contributed by atoms with Crippen molar-refractivity contribution in [2.75, 3.05) is 13.7 Å². The smallest absolute Gasteiger partial charge is 0.325 e. The molecule has 1 unspecified atom stereocenters. The zero-order valence-corrected chi connectivity index (χ0v) is 18.3. The number of benzene rings is 3. The van der Waals surface area contributed by atoms with Gasteiger partial charge in [-0.3, -0.25) is 10.1 Å². The highest BCUT2D eigenvalue weighted by molar-refractivity contribution is 5.78. The minimum absolute atomic E-state index is 0.298. The van der Waals surface area contributed by atoms with Crippen molar-refractivity contribution < 1.29 is 14.6 Å². The predicted molar refractivity (Wildman–Crippen MR) is 126 cm³/mol. The Morgan fingerprint density at radius 1 is 1.00 bits per heavy atom. The molecule has 1 atom stereocenters. The summed E-state index contributed by atoms with van der Waals surface area (Å²) in [5, 5.41) is 12.4. The number of nitrogens with one attached hydrogen (secondary N) is 1. The molecule has 160 valence electrons. The Morgan fingerprint density at radius 3 is 2.42 bits per heavy atom. The molecule has 0 aliphatic carbocycles. The summed E-state index contributed by atoms with van der Waals surface area (Å²) in [5.41, 5.74) is 8.23. The van der Waals surface area contributed by atoms with Gasteiger partial charge in [-0.1, -0.05) is 78.9 Å². The van der Waals surface area contributed by atoms with Crippen molar-refractivity contribution in [2.24, 2.45) is 0 Å². The van der Waals surface area contributed by atoms with Gasteiger partial charge in [-0.25, -0.2) is 0 Å². The molecule has 0 spiro atoms. The minimum atomic E-state index is -0.718. The van der Waals surface area contributed by atoms with Crippen molar-refractivity contribution in [1.82, 2.24) is 5.32 Å². The molecular weight excluding hydrogens is 386 g/mol. The summed E-state index contributed by atoms with van der Waals surface area (Å²) in [6.07, 6.45) is 4.29. The number of aliphatic hydroxyl groups excluding tert-OH is 1. The first-order valence-corrected chi connectivity index (χ1v) is 10.4. The zero-order chi connectivity index (χ0) is 22.2. The van der Waals surface area contributed by atoms with Gasteiger partial charge in [0, 0.05) is 6.54 Å². The molecule has 31 heavy (non-hydrogen) atoms. The number of ether oxygens (including phenoxy) is 1. The summed E-state index contributed by atoms with van der Waals surface area (Å²) < 4.78 is 4.68. The number of hydrogen-bond donors (Lipinski definition) is 2. The molecule has 0 bridgehead atoms. The maximum absolute atomic E-state index is 11.6. The number of hydrogen-bond acceptors (Lipinski definition) is 4. The third-order valence-corrected chi connectivity index (χ3v) is 5.46. The normalized spacial score (nSPS) is 12.1. The van der Waals surface area contributed by atoms with Gasteiger partial charge in [0.1, 0.15) is 6.04 Å². The Balaban J connectivity index is 1.74. The van der Waals surface area contributed by atoms with Crippen molar-refractivity contribution >= 4 is 18.1 Å². The molecule has 0 aromatic heterocycles. The molecule has 0 saturated heterocycles. The van der Waals surface area contributed by atoms with E-state index in [2.05, 4.69) is 90.7 Å². The van der Waals surface area contributed by atoms with Crippen molar-refractivity contribution in [3.8, 4) is 11.1 Å². The standard InChI is InChI=1S/C27H29NO3/c1-19-16-21(17-28-26(18-29)27(30)31-3)12-13-22(19)14-15-23-10-7-11-25(20(23)2)24-8-5-4-6-9-24/h4-16,26,28-29H,17-18H2,1-3H3/b15-14+. The fourth-order valence-corrected chi connectivity index (χ4v) is 3.58. The molecule has 4 nitrogen and oxygen atoms in total. The maximum Gasteiger partial charge on any atom is 0.325 e. The summed E-state index contributed by atoms with van der Waals surface area (Å²) in [6.45, 7) is 4.40. The van der Waals surface area contributed by atoms with Crippen molar-refractivity contribution in [1.29, 1.82) is 0 Å². The molecule has 0 fully saturated rings. The van der Waals surface area contributed by atoms with Gasteiger partial charge in [0.15, 0.2) is 0 Å². The highest BCUT2D eigenvalue weighted by atomic mass is 16.5. The van der Waals surface area contributed by atoms with Crippen molar-refractivity contribution in [3.63, 3.8) is 0 Å². The van der Waals surface area contributed by atoms with Crippen LogP contribution < -0.4 is 5.32 Å². The lowest BCUT2D eigenvalue weighted by atomic mass is 9.95. The van der Waals surface area contributed by atoms with Crippen molar-refractivity contribution in [3.05, 3.63) is 94.5 Å². The molecule has 0 radical (unpaired) electrons. The number of esters is 1. The van der Waals surface area contributed by atoms with Gasteiger partial charge in [0.05, 0.1) is 13.7 Å². The van der Waals surface area contributed by atoms with Gasteiger partial charge < -0.3 is 9.84 Å². The number of carbonyl (C=O) groups is 1. The molecule has 3 aromatic rings. The predicted octanol–water partition coefficient (Wildman–Crippen LogP) is 4.76. The van der Waals surface area contributed by atoms with Crippen LogP contribution in [0.1, 0.15) is 27.8 Å². The van der Waals surface area contributed by atoms with Crippen LogP contribution in [-0.4, -0.2) is 30.8 Å². The van der Waals surface area contributed by atoms with Crippen LogP contribution >= 0.6 is 0 Å². The van der Waals surface area contributed by atoms with Gasteiger partial charge in [0.25, 0.3) is 0 Å². The van der Waals surface area contributed by atoms with Crippen LogP contribution in [-0.2, 0) is 16.1 Å². The molecule has 0 aliphatic rings. The van der Waals surface area contributed by atoms with Crippen LogP contribution in [0.25, 0.3) is 23.3 Å². The molecular formula is C27H29NO3. The molecule has 0 aliphatic heterocycles. The monoisotopic (exact) mass is 415 g/mol. The van der Waals surface area contributed by atoms with Gasteiger partial charge in [-0.05, 0) is 52.8 Å². The van der Waals surface area contributed by atoms with Gasteiger partial charge in [-0.15, -0.1) is 0 Å². The van der Waals surface area contributed by atoms with Crippen LogP contribution in [0, 0.1) is 13.8 Å². The van der Waals surface area contributed by atoms with E-state index in [0.717, 1.165) is 16.7 Å². The second-order valence-corrected chi connectivity index (χ2v) is 7.55. The van der Waals surface area contributed by atoms with E-state index in [1.54, 1.807) is 0 Å². The lowest BCUT2D eigenvalue weighted by molar-refractivity contribution is -0.144. The van der Waals surface area contributed by atoms with E-state index in [-0.39, 0.29) is 6.61 Å². The fourth-order valence-electron chi connectivity index (χ4n) is 3.58. The average molecular weight is 416 g/mol. The molecule has 3 aromatic carbocycles. The van der Waals surface area contributed by atoms with Crippen LogP contribution in [0.3, 0.4) is 0 Å². The quantitative estimate of drug-likeness (QED) is 0.411. The number of carbonyl (C=O) groups excluding carboxylic acids is 1. The SMILES string of the molecule is COC(=O)C(CO)NCc1ccc(/C=C/c2cccc(-c3ccccc3)c2C)c(C)c1. The van der Waals surface area contributed by atoms with E-state index in [1.807, 2.05) is 12.1 Å². The summed E-state index contributed by atoms with van der Waals surface area (Å²) in [6, 6.07) is 22.3. The highest BCUT2D eigenvalue weighted by Crippen LogP contribution is 2.27. The fraction of sp³-hybridized carbons (Fsp3) is 0.222. The van der Waals surface area contributed by atoms with E-state index >= 15 is 0 Å². The van der Waals surface area contributed by atoms with E-state index in [4.69, 9.17) is 0 Å². The average Bonchev–Trinajstić information content (AvgIpc) is 2.80. The molecule has 4 heteroatoms. The van der Waals surface area contributed by atoms with E-state index in [9.17, 15) is 9.90 Å². The number of aliphatic hydroxyl groups is 1. The summed E-state index contributed by atoms with van der Waals surface area (Å²) in [4.78, 5) is 11.6. The molecule has 2 N–H and O–H groups in total. The van der Waals surface area contributed by atoms with Gasteiger partial charge in [0.2, 0.25) is 0 Å². The van der Waals surface area contributed by atoms with Crippen LogP contribution in [0.15, 0.2) is 66.7 Å². The number of aryl methyl sites for hydroxylation is 1. The first-order chi connectivity index (χ1) is 15.0. The number of methoxy groups -OCH3 is 1. The van der Waals surface area contributed by atoms with Crippen molar-refractivity contribution in [2.45, 2.75) is 26.4 Å². The summed E-state index contributed by atoms with van der Waals surface area (Å²) >= 11 is 0. The largest absolute Gasteiger partial charge is 0.468 e. The van der Waals surface area contributed by atoms with E-state index in [0.29, 0.717) is 6.54 Å². The Kier molecular flexibility index (Phi) is 7.76. The van der Waals surface area contributed by atoms with Crippen LogP contribution in [0.5, 0.6) is 0 Å². The highest BCUT2D eigenvalue weighted by Gasteiger charge is 2.17. The maximum atomic E-state index is 11.6. The first-order valence-electron chi connectivity index (χ1n) is 10.4. The molecule has 0 heterocycles. The zero-order valence-electron chi connectivity index (χ0n) is 18.3. The first kappa shape index (κ1) is 22.5. The van der Waals surface area contributed by atoms with Crippen LogP contribution in [0.2, 0.25) is 0 Å². The Hall–Kier alpha value is -3.21. The lowest BCUT2D eigenvalue weighted by Gasteiger charge is -2.14. The lowest BCUT2D eigenvalue weighted by Crippen LogP contribution is -2.40. The minimum Gasteiger partial charge on any atom is -0.468 e. The second kappa shape index (κ2) is 10.7. The van der Waals surface area contributed by atoms with Gasteiger partial charge >= 0.3 is 5.97 Å². The third kappa shape index (κ3) is 5.69. The summed E-state index contributed by atoms with van der Waals surface area (Å²) in [5.74, 6) is -0.466. The van der Waals surface area contributed by atoms with Gasteiger partial charge in [-0.2, -0.15) is 0 Å². The molecule has 3 rings (SSSR count). The molecule has 0 amide bonds. The second-order valence-electron chi connectivity index (χ2n) is 7.55. The summed E-state index contributed by atoms with van der Waals surface area (Å²) in [7, 11) is 1.31. The number of rotatable bonds is 8. The Labute approximate surface area is 184 Å². The Morgan fingerprint density at radius 2 is 1.74 bits per heavy atom. The topological polar surface area (TPSA) is 58.6 Å².